The van der Waals surface area contributed by atoms with Crippen LogP contribution in [0, 0.1) is 5.82 Å². The van der Waals surface area contributed by atoms with Crippen molar-refractivity contribution in [3.05, 3.63) is 52.0 Å². The molecule has 1 aromatic heterocycles. The van der Waals surface area contributed by atoms with Gasteiger partial charge < -0.3 is 5.32 Å². The van der Waals surface area contributed by atoms with Crippen LogP contribution in [0.15, 0.2) is 36.4 Å². The Balaban J connectivity index is 2.14. The molecular weight excluding hydrogens is 253 g/mol. The first-order chi connectivity index (χ1) is 8.56. The highest BCUT2D eigenvalue weighted by Crippen LogP contribution is 2.19. The van der Waals surface area contributed by atoms with Gasteiger partial charge in [-0.3, -0.25) is 9.59 Å². The molecule has 3 nitrogen and oxygen atoms in total. The van der Waals surface area contributed by atoms with Crippen molar-refractivity contribution in [1.29, 1.82) is 0 Å². The highest BCUT2D eigenvalue weighted by atomic mass is 32.1. The molecule has 0 spiro atoms. The van der Waals surface area contributed by atoms with E-state index in [1.165, 1.54) is 25.1 Å². The Morgan fingerprint density at radius 1 is 1.17 bits per heavy atom. The Kier molecular flexibility index (Phi) is 3.53. The maximum atomic E-state index is 12.9. The van der Waals surface area contributed by atoms with E-state index in [1.54, 1.807) is 18.2 Å². The lowest BCUT2D eigenvalue weighted by molar-refractivity contribution is 0.101. The van der Waals surface area contributed by atoms with E-state index in [2.05, 4.69) is 5.32 Å². The van der Waals surface area contributed by atoms with Gasteiger partial charge in [0, 0.05) is 5.69 Å². The molecule has 1 amide bonds. The largest absolute Gasteiger partial charge is 0.321 e. The van der Waals surface area contributed by atoms with Crippen LogP contribution < -0.4 is 5.32 Å². The van der Waals surface area contributed by atoms with Gasteiger partial charge in [-0.1, -0.05) is 6.07 Å². The van der Waals surface area contributed by atoms with E-state index in [0.29, 0.717) is 15.4 Å². The minimum Gasteiger partial charge on any atom is -0.321 e. The highest BCUT2D eigenvalue weighted by Gasteiger charge is 2.11. The first kappa shape index (κ1) is 12.4. The van der Waals surface area contributed by atoms with Crippen molar-refractivity contribution in [2.24, 2.45) is 0 Å². The second-order valence-corrected chi connectivity index (χ2v) is 4.77. The summed E-state index contributed by atoms with van der Waals surface area (Å²) in [7, 11) is 0. The zero-order valence-corrected chi connectivity index (χ0v) is 10.4. The normalized spacial score (nSPS) is 10.1. The van der Waals surface area contributed by atoms with Gasteiger partial charge in [-0.05, 0) is 37.3 Å². The predicted octanol–water partition coefficient (Wildman–Crippen LogP) is 3.34. The van der Waals surface area contributed by atoms with Crippen LogP contribution in [-0.4, -0.2) is 11.7 Å². The minimum atomic E-state index is -0.414. The Morgan fingerprint density at radius 2 is 1.89 bits per heavy atom. The molecule has 2 rings (SSSR count). The topological polar surface area (TPSA) is 46.2 Å². The number of benzene rings is 1. The number of rotatable bonds is 3. The van der Waals surface area contributed by atoms with Crippen LogP contribution in [0.2, 0.25) is 0 Å². The zero-order chi connectivity index (χ0) is 13.1. The lowest BCUT2D eigenvalue weighted by atomic mass is 10.3. The molecule has 18 heavy (non-hydrogen) atoms. The van der Waals surface area contributed by atoms with E-state index in [4.69, 9.17) is 0 Å². The van der Waals surface area contributed by atoms with Crippen molar-refractivity contribution < 1.29 is 14.0 Å². The fourth-order valence-corrected chi connectivity index (χ4v) is 2.20. The van der Waals surface area contributed by atoms with E-state index in [9.17, 15) is 14.0 Å². The van der Waals surface area contributed by atoms with E-state index < -0.39 is 5.82 Å². The number of ketones is 1. The van der Waals surface area contributed by atoms with Crippen molar-refractivity contribution >= 4 is 28.7 Å². The number of hydrogen-bond donors (Lipinski definition) is 1. The number of thiophene rings is 1. The average molecular weight is 263 g/mol. The van der Waals surface area contributed by atoms with Gasteiger partial charge in [0.05, 0.1) is 9.75 Å². The van der Waals surface area contributed by atoms with Crippen molar-refractivity contribution in [3.63, 3.8) is 0 Å². The molecule has 0 aliphatic rings. The second-order valence-electron chi connectivity index (χ2n) is 3.68. The number of amides is 1. The Morgan fingerprint density at radius 3 is 2.50 bits per heavy atom. The van der Waals surface area contributed by atoms with Gasteiger partial charge in [-0.2, -0.15) is 0 Å². The average Bonchev–Trinajstić information content (AvgIpc) is 2.78. The van der Waals surface area contributed by atoms with Gasteiger partial charge in [-0.15, -0.1) is 11.3 Å². The fraction of sp³-hybridized carbons (Fsp3) is 0.0769. The lowest BCUT2D eigenvalue weighted by Gasteiger charge is -2.02. The number of halogens is 1. The molecule has 0 saturated carbocycles. The summed E-state index contributed by atoms with van der Waals surface area (Å²) in [5, 5.41) is 2.57. The van der Waals surface area contributed by atoms with E-state index >= 15 is 0 Å². The quantitative estimate of drug-likeness (QED) is 0.863. The number of nitrogens with one attached hydrogen (secondary N) is 1. The Labute approximate surface area is 107 Å². The molecule has 2 aromatic rings. The van der Waals surface area contributed by atoms with Crippen LogP contribution >= 0.6 is 11.3 Å². The number of Topliss-reactive ketones (excluding diaryl/α,β-unsaturated/α-hetero) is 1. The van der Waals surface area contributed by atoms with Gasteiger partial charge in [0.1, 0.15) is 5.82 Å². The molecule has 0 radical (unpaired) electrons. The maximum Gasteiger partial charge on any atom is 0.265 e. The van der Waals surface area contributed by atoms with Gasteiger partial charge in [-0.25, -0.2) is 4.39 Å². The van der Waals surface area contributed by atoms with Crippen molar-refractivity contribution in [3.8, 4) is 0 Å². The monoisotopic (exact) mass is 263 g/mol. The first-order valence-corrected chi connectivity index (χ1v) is 6.05. The second kappa shape index (κ2) is 5.10. The van der Waals surface area contributed by atoms with Gasteiger partial charge in [0.25, 0.3) is 5.91 Å². The summed E-state index contributed by atoms with van der Waals surface area (Å²) in [4.78, 5) is 23.9. The molecule has 0 unspecified atom stereocenters. The van der Waals surface area contributed by atoms with E-state index in [1.807, 2.05) is 0 Å². The third-order valence-corrected chi connectivity index (χ3v) is 3.44. The fourth-order valence-electron chi connectivity index (χ4n) is 1.41. The molecule has 0 aliphatic carbocycles. The zero-order valence-electron chi connectivity index (χ0n) is 9.57. The van der Waals surface area contributed by atoms with Crippen molar-refractivity contribution in [2.75, 3.05) is 5.32 Å². The summed E-state index contributed by atoms with van der Waals surface area (Å²) >= 11 is 1.12. The third-order valence-electron chi connectivity index (χ3n) is 2.26. The maximum absolute atomic E-state index is 12.9. The SMILES string of the molecule is CC(=O)c1ccc(C(=O)Nc2cccc(F)c2)s1. The van der Waals surface area contributed by atoms with Crippen LogP contribution in [0.5, 0.6) is 0 Å². The van der Waals surface area contributed by atoms with Crippen LogP contribution in [0.3, 0.4) is 0 Å². The Bertz CT molecular complexity index is 607. The van der Waals surface area contributed by atoms with Gasteiger partial charge in [0.15, 0.2) is 5.78 Å². The minimum absolute atomic E-state index is 0.0789. The van der Waals surface area contributed by atoms with E-state index in [-0.39, 0.29) is 11.7 Å². The highest BCUT2D eigenvalue weighted by molar-refractivity contribution is 7.16. The van der Waals surface area contributed by atoms with Crippen LogP contribution in [0.25, 0.3) is 0 Å². The van der Waals surface area contributed by atoms with Gasteiger partial charge >= 0.3 is 0 Å². The molecule has 92 valence electrons. The molecule has 0 fully saturated rings. The summed E-state index contributed by atoms with van der Waals surface area (Å²) in [6.07, 6.45) is 0. The standard InChI is InChI=1S/C13H10FNO2S/c1-8(16)11-5-6-12(18-11)13(17)15-10-4-2-3-9(14)7-10/h2-7H,1H3,(H,15,17). The molecule has 5 heteroatoms. The molecule has 0 atom stereocenters. The molecule has 1 N–H and O–H groups in total. The summed E-state index contributed by atoms with van der Waals surface area (Å²) in [5.41, 5.74) is 0.387. The number of carbonyl (C=O) groups is 2. The van der Waals surface area contributed by atoms with Crippen LogP contribution in [0.1, 0.15) is 26.3 Å². The van der Waals surface area contributed by atoms with Crippen LogP contribution in [-0.2, 0) is 0 Å². The summed E-state index contributed by atoms with van der Waals surface area (Å²) < 4.78 is 12.9. The lowest BCUT2D eigenvalue weighted by Crippen LogP contribution is -2.10. The molecule has 1 heterocycles. The van der Waals surface area contributed by atoms with Gasteiger partial charge in [0.2, 0.25) is 0 Å². The predicted molar refractivity (Wildman–Crippen MR) is 68.7 cm³/mol. The summed E-state index contributed by atoms with van der Waals surface area (Å²) in [5.74, 6) is -0.841. The molecular formula is C13H10FNO2S. The summed E-state index contributed by atoms with van der Waals surface area (Å²) in [6, 6.07) is 8.83. The summed E-state index contributed by atoms with van der Waals surface area (Å²) in [6.45, 7) is 1.44. The smallest absolute Gasteiger partial charge is 0.265 e. The first-order valence-electron chi connectivity index (χ1n) is 5.24. The number of hydrogen-bond acceptors (Lipinski definition) is 3. The molecule has 0 bridgehead atoms. The number of anilines is 1. The molecule has 0 aliphatic heterocycles. The third kappa shape index (κ3) is 2.81. The number of carbonyl (C=O) groups excluding carboxylic acids is 2. The van der Waals surface area contributed by atoms with Crippen molar-refractivity contribution in [1.82, 2.24) is 0 Å². The molecule has 1 aromatic carbocycles. The Hall–Kier alpha value is -2.01. The van der Waals surface area contributed by atoms with E-state index in [0.717, 1.165) is 11.3 Å². The van der Waals surface area contributed by atoms with Crippen molar-refractivity contribution in [2.45, 2.75) is 6.92 Å². The van der Waals surface area contributed by atoms with Crippen LogP contribution in [0.4, 0.5) is 10.1 Å². The molecule has 0 saturated heterocycles.